The van der Waals surface area contributed by atoms with Crippen LogP contribution in [-0.4, -0.2) is 74.2 Å². The Morgan fingerprint density at radius 3 is 2.66 bits per heavy atom. The lowest BCUT2D eigenvalue weighted by Crippen LogP contribution is -2.49. The monoisotopic (exact) mass is 554 g/mol. The predicted molar refractivity (Wildman–Crippen MR) is 155 cm³/mol. The number of anilines is 1. The molecule has 3 heterocycles. The molecule has 9 nitrogen and oxygen atoms in total. The van der Waals surface area contributed by atoms with Crippen molar-refractivity contribution in [3.63, 3.8) is 0 Å². The van der Waals surface area contributed by atoms with Crippen LogP contribution in [-0.2, 0) is 9.53 Å². The van der Waals surface area contributed by atoms with Crippen LogP contribution >= 0.6 is 0 Å². The number of hydrogen-bond donors (Lipinski definition) is 1. The maximum atomic E-state index is 13.4. The fourth-order valence-corrected chi connectivity index (χ4v) is 4.73. The van der Waals surface area contributed by atoms with Gasteiger partial charge in [0.1, 0.15) is 35.6 Å². The summed E-state index contributed by atoms with van der Waals surface area (Å²) in [5.74, 6) is 7.52. The van der Waals surface area contributed by atoms with Gasteiger partial charge in [0.15, 0.2) is 0 Å². The number of nitrogens with one attached hydrogen (secondary N) is 1. The number of likely N-dealkylation sites (N-methyl/N-ethyl adjacent to an activating group) is 1. The molecule has 0 radical (unpaired) electrons. The highest BCUT2D eigenvalue weighted by atomic mass is 16.5. The third-order valence-corrected chi connectivity index (χ3v) is 6.87. The van der Waals surface area contributed by atoms with Crippen LogP contribution in [0.2, 0.25) is 0 Å². The zero-order valence-corrected chi connectivity index (χ0v) is 23.6. The van der Waals surface area contributed by atoms with Gasteiger partial charge in [0.2, 0.25) is 0 Å². The molecule has 212 valence electrons. The summed E-state index contributed by atoms with van der Waals surface area (Å²) >= 11 is 0. The van der Waals surface area contributed by atoms with Gasteiger partial charge < -0.3 is 24.4 Å². The summed E-state index contributed by atoms with van der Waals surface area (Å²) in [6.07, 6.45) is 1.49. The zero-order valence-electron chi connectivity index (χ0n) is 23.6. The number of para-hydroxylation sites is 1. The molecular formula is C32H34N4O5. The van der Waals surface area contributed by atoms with Crippen molar-refractivity contribution < 1.29 is 23.8 Å². The average molecular weight is 555 g/mol. The van der Waals surface area contributed by atoms with E-state index < -0.39 is 11.9 Å². The highest BCUT2D eigenvalue weighted by molar-refractivity contribution is 6.03. The van der Waals surface area contributed by atoms with Gasteiger partial charge in [0.25, 0.3) is 11.8 Å². The van der Waals surface area contributed by atoms with Gasteiger partial charge in [-0.1, -0.05) is 30.0 Å². The number of rotatable bonds is 6. The maximum Gasteiger partial charge on any atom is 0.270 e. The Labute approximate surface area is 240 Å². The van der Waals surface area contributed by atoms with Crippen molar-refractivity contribution >= 4 is 17.5 Å². The number of aromatic nitrogens is 1. The van der Waals surface area contributed by atoms with E-state index in [4.69, 9.17) is 14.2 Å². The summed E-state index contributed by atoms with van der Waals surface area (Å²) in [5, 5.41) is 2.76. The van der Waals surface area contributed by atoms with E-state index in [2.05, 4.69) is 40.9 Å². The molecule has 1 aromatic heterocycles. The molecule has 0 bridgehead atoms. The molecule has 1 atom stereocenters. The van der Waals surface area contributed by atoms with E-state index >= 15 is 0 Å². The Bertz CT molecular complexity index is 1460. The topological polar surface area (TPSA) is 93.2 Å². The Balaban J connectivity index is 1.25. The van der Waals surface area contributed by atoms with Crippen molar-refractivity contribution in [1.82, 2.24) is 15.2 Å². The Hall–Kier alpha value is -4.39. The number of carbonyl (C=O) groups is 2. The number of hydrogen-bond acceptors (Lipinski definition) is 7. The number of pyridine rings is 1. The first-order valence-electron chi connectivity index (χ1n) is 13.6. The van der Waals surface area contributed by atoms with E-state index in [0.29, 0.717) is 22.9 Å². The summed E-state index contributed by atoms with van der Waals surface area (Å²) in [6, 6.07) is 17.1. The van der Waals surface area contributed by atoms with E-state index in [1.165, 1.54) is 17.2 Å². The molecule has 41 heavy (non-hydrogen) atoms. The van der Waals surface area contributed by atoms with Gasteiger partial charge in [-0.25, -0.2) is 0 Å². The van der Waals surface area contributed by atoms with Crippen molar-refractivity contribution in [2.45, 2.75) is 19.9 Å². The summed E-state index contributed by atoms with van der Waals surface area (Å²) in [7, 11) is 1.67. The molecule has 2 aliphatic heterocycles. The van der Waals surface area contributed by atoms with Crippen LogP contribution in [0.25, 0.3) is 0 Å². The molecule has 2 aromatic carbocycles. The summed E-state index contributed by atoms with van der Waals surface area (Å²) in [4.78, 5) is 34.4. The largest absolute Gasteiger partial charge is 0.489 e. The molecule has 0 spiro atoms. The lowest BCUT2D eigenvalue weighted by Gasteiger charge is -2.31. The van der Waals surface area contributed by atoms with Crippen LogP contribution in [0.4, 0.5) is 5.69 Å². The lowest BCUT2D eigenvalue weighted by molar-refractivity contribution is -0.120. The highest BCUT2D eigenvalue weighted by Crippen LogP contribution is 2.32. The van der Waals surface area contributed by atoms with E-state index in [-0.39, 0.29) is 23.6 Å². The van der Waals surface area contributed by atoms with Crippen LogP contribution in [0, 0.1) is 17.3 Å². The molecule has 1 fully saturated rings. The summed E-state index contributed by atoms with van der Waals surface area (Å²) in [6.45, 7) is 8.42. The molecule has 1 saturated heterocycles. The first-order chi connectivity index (χ1) is 19.8. The zero-order chi connectivity index (χ0) is 28.8. The molecule has 9 heteroatoms. The maximum absolute atomic E-state index is 13.4. The van der Waals surface area contributed by atoms with Crippen molar-refractivity contribution in [3.05, 3.63) is 78.1 Å². The fourth-order valence-electron chi connectivity index (χ4n) is 4.73. The van der Waals surface area contributed by atoms with Crippen LogP contribution in [0.3, 0.4) is 0 Å². The molecule has 0 unspecified atom stereocenters. The minimum absolute atomic E-state index is 0.0142. The van der Waals surface area contributed by atoms with Gasteiger partial charge >= 0.3 is 0 Å². The van der Waals surface area contributed by atoms with Gasteiger partial charge in [-0.3, -0.25) is 19.5 Å². The minimum Gasteiger partial charge on any atom is -0.489 e. The second kappa shape index (κ2) is 12.4. The van der Waals surface area contributed by atoms with Crippen molar-refractivity contribution in [2.75, 3.05) is 51.4 Å². The van der Waals surface area contributed by atoms with E-state index in [1.54, 1.807) is 13.1 Å². The smallest absolute Gasteiger partial charge is 0.270 e. The van der Waals surface area contributed by atoms with Crippen molar-refractivity contribution in [1.29, 1.82) is 0 Å². The number of carbonyl (C=O) groups excluding carboxylic acids is 2. The van der Waals surface area contributed by atoms with Crippen molar-refractivity contribution in [2.24, 2.45) is 5.41 Å². The van der Waals surface area contributed by atoms with E-state index in [9.17, 15) is 9.59 Å². The van der Waals surface area contributed by atoms with Gasteiger partial charge in [-0.2, -0.15) is 0 Å². The van der Waals surface area contributed by atoms with Gasteiger partial charge in [-0.15, -0.1) is 0 Å². The van der Waals surface area contributed by atoms with Gasteiger partial charge in [0, 0.05) is 49.9 Å². The number of nitrogens with zero attached hydrogens (tertiary/aromatic N) is 3. The third-order valence-electron chi connectivity index (χ3n) is 6.87. The average Bonchev–Trinajstić information content (AvgIpc) is 3.09. The number of fused-ring (bicyclic) bond motifs is 1. The summed E-state index contributed by atoms with van der Waals surface area (Å²) < 4.78 is 17.2. The Morgan fingerprint density at radius 1 is 1.10 bits per heavy atom. The second-order valence-electron chi connectivity index (χ2n) is 10.7. The molecule has 5 rings (SSSR count). The minimum atomic E-state index is -0.901. The van der Waals surface area contributed by atoms with Crippen LogP contribution < -0.4 is 19.7 Å². The molecule has 2 amide bonds. The molecular weight excluding hydrogens is 520 g/mol. The predicted octanol–water partition coefficient (Wildman–Crippen LogP) is 3.74. The SMILES string of the molecule is CN1C(=O)[C@@H](NC(=O)c2cc(Oc3ccccc3)ccn2)COc2ccc(C#CC(C)(C)CN3CCOCC3)cc21. The van der Waals surface area contributed by atoms with Crippen LogP contribution in [0.15, 0.2) is 66.9 Å². The lowest BCUT2D eigenvalue weighted by atomic mass is 9.93. The first-order valence-corrected chi connectivity index (χ1v) is 13.6. The van der Waals surface area contributed by atoms with E-state index in [1.807, 2.05) is 48.5 Å². The molecule has 3 aromatic rings. The Morgan fingerprint density at radius 2 is 1.88 bits per heavy atom. The normalized spacial score (nSPS) is 17.4. The molecule has 2 aliphatic rings. The van der Waals surface area contributed by atoms with Crippen LogP contribution in [0.5, 0.6) is 17.2 Å². The molecule has 0 aliphatic carbocycles. The first kappa shape index (κ1) is 28.1. The highest BCUT2D eigenvalue weighted by Gasteiger charge is 2.31. The number of morpholine rings is 1. The Kier molecular flexibility index (Phi) is 8.53. The van der Waals surface area contributed by atoms with Gasteiger partial charge in [-0.05, 0) is 50.2 Å². The molecule has 1 N–H and O–H groups in total. The van der Waals surface area contributed by atoms with Gasteiger partial charge in [0.05, 0.1) is 18.9 Å². The third kappa shape index (κ3) is 7.23. The number of benzene rings is 2. The molecule has 0 saturated carbocycles. The van der Waals surface area contributed by atoms with Crippen LogP contribution in [0.1, 0.15) is 29.9 Å². The number of ether oxygens (including phenoxy) is 3. The number of amides is 2. The summed E-state index contributed by atoms with van der Waals surface area (Å²) in [5.41, 5.74) is 1.30. The van der Waals surface area contributed by atoms with E-state index in [0.717, 1.165) is 38.4 Å². The second-order valence-corrected chi connectivity index (χ2v) is 10.7. The quantitative estimate of drug-likeness (QED) is 0.464. The fraction of sp³-hybridized carbons (Fsp3) is 0.344. The standard InChI is InChI=1S/C32H34N4O5/c1-32(2,22-36-15-17-39-18-16-36)13-11-23-9-10-29-28(19-23)35(3)31(38)27(21-40-29)34-30(37)26-20-25(12-14-33-26)41-24-7-5-4-6-8-24/h4-10,12,14,19-20,27H,15-18,21-22H2,1-3H3,(H,34,37)/t27-/m0/s1. The van der Waals surface area contributed by atoms with Crippen molar-refractivity contribution in [3.8, 4) is 29.1 Å².